The third kappa shape index (κ3) is 1.40. The molecule has 0 aliphatic carbocycles. The van der Waals surface area contributed by atoms with Crippen LogP contribution >= 0.6 is 23.1 Å². The minimum atomic E-state index is -0.732. The van der Waals surface area contributed by atoms with E-state index in [0.29, 0.717) is 5.25 Å². The summed E-state index contributed by atoms with van der Waals surface area (Å²) in [5.74, 6) is 0.946. The first-order chi connectivity index (χ1) is 7.09. The van der Waals surface area contributed by atoms with Gasteiger partial charge < -0.3 is 4.74 Å². The van der Waals surface area contributed by atoms with E-state index in [1.807, 2.05) is 11.4 Å². The Balaban J connectivity index is 2.15. The molecule has 0 radical (unpaired) electrons. The van der Waals surface area contributed by atoms with E-state index >= 15 is 0 Å². The van der Waals surface area contributed by atoms with Gasteiger partial charge in [0.15, 0.2) is 0 Å². The van der Waals surface area contributed by atoms with Gasteiger partial charge in [-0.25, -0.2) is 0 Å². The smallest absolute Gasteiger partial charge is 0.135 e. The molecule has 5 heteroatoms. The van der Waals surface area contributed by atoms with Crippen molar-refractivity contribution >= 4 is 33.9 Å². The predicted molar refractivity (Wildman–Crippen MR) is 66.2 cm³/mol. The molecule has 2 aliphatic heterocycles. The lowest BCUT2D eigenvalue weighted by Crippen LogP contribution is -2.45. The number of rotatable bonds is 0. The molecule has 2 aliphatic rings. The highest BCUT2D eigenvalue weighted by Gasteiger charge is 2.51. The van der Waals surface area contributed by atoms with Crippen LogP contribution in [0.25, 0.3) is 0 Å². The Morgan fingerprint density at radius 2 is 2.40 bits per heavy atom. The first kappa shape index (κ1) is 10.2. The van der Waals surface area contributed by atoms with Crippen molar-refractivity contribution in [3.05, 3.63) is 16.3 Å². The van der Waals surface area contributed by atoms with Gasteiger partial charge in [0, 0.05) is 10.8 Å². The second kappa shape index (κ2) is 3.25. The molecule has 1 fully saturated rings. The zero-order valence-electron chi connectivity index (χ0n) is 8.56. The monoisotopic (exact) mass is 260 g/mol. The maximum Gasteiger partial charge on any atom is 0.135 e. The molecule has 3 unspecified atom stereocenters. The van der Waals surface area contributed by atoms with Gasteiger partial charge in [0.1, 0.15) is 11.4 Å². The van der Waals surface area contributed by atoms with Gasteiger partial charge in [0.2, 0.25) is 0 Å². The number of fused-ring (bicyclic) bond motifs is 3. The Labute approximate surface area is 99.9 Å². The summed E-state index contributed by atoms with van der Waals surface area (Å²) in [6.07, 6.45) is 0. The molecule has 3 rings (SSSR count). The van der Waals surface area contributed by atoms with Crippen LogP contribution in [0.5, 0.6) is 5.75 Å². The molecule has 15 heavy (non-hydrogen) atoms. The third-order valence-electron chi connectivity index (χ3n) is 2.90. The lowest BCUT2D eigenvalue weighted by molar-refractivity contribution is 0.0922. The van der Waals surface area contributed by atoms with E-state index < -0.39 is 10.8 Å². The Morgan fingerprint density at radius 3 is 3.20 bits per heavy atom. The summed E-state index contributed by atoms with van der Waals surface area (Å²) < 4.78 is 18.0. The van der Waals surface area contributed by atoms with Crippen LogP contribution in [0.1, 0.15) is 24.0 Å². The first-order valence-corrected chi connectivity index (χ1v) is 8.16. The van der Waals surface area contributed by atoms with E-state index in [-0.39, 0.29) is 10.9 Å². The quantitative estimate of drug-likeness (QED) is 0.717. The van der Waals surface area contributed by atoms with Crippen molar-refractivity contribution in [1.82, 2.24) is 0 Å². The van der Waals surface area contributed by atoms with Gasteiger partial charge in [0.25, 0.3) is 0 Å². The zero-order valence-corrected chi connectivity index (χ0v) is 11.0. The maximum absolute atomic E-state index is 12.0. The summed E-state index contributed by atoms with van der Waals surface area (Å²) in [7, 11) is -0.732. The molecule has 1 saturated heterocycles. The number of hydrogen-bond donors (Lipinski definition) is 0. The molecule has 0 aromatic carbocycles. The van der Waals surface area contributed by atoms with E-state index in [2.05, 4.69) is 13.8 Å². The van der Waals surface area contributed by atoms with Gasteiger partial charge in [-0.3, -0.25) is 4.21 Å². The highest BCUT2D eigenvalue weighted by Crippen LogP contribution is 2.54. The molecule has 3 heterocycles. The molecule has 0 N–H and O–H groups in total. The molecule has 1 aromatic heterocycles. The van der Waals surface area contributed by atoms with Crippen LogP contribution in [-0.2, 0) is 10.8 Å². The van der Waals surface area contributed by atoms with Crippen LogP contribution < -0.4 is 4.74 Å². The molecule has 0 saturated carbocycles. The minimum absolute atomic E-state index is 0.189. The van der Waals surface area contributed by atoms with Gasteiger partial charge in [-0.1, -0.05) is 0 Å². The van der Waals surface area contributed by atoms with E-state index in [1.54, 1.807) is 23.1 Å². The lowest BCUT2D eigenvalue weighted by Gasteiger charge is -2.38. The fourth-order valence-corrected chi connectivity index (χ4v) is 7.65. The van der Waals surface area contributed by atoms with Crippen molar-refractivity contribution in [2.45, 2.75) is 29.9 Å². The fraction of sp³-hybridized carbons (Fsp3) is 0.600. The summed E-state index contributed by atoms with van der Waals surface area (Å²) in [5.41, 5.74) is -0.199. The Bertz CT molecular complexity index is 424. The van der Waals surface area contributed by atoms with E-state index in [4.69, 9.17) is 4.74 Å². The van der Waals surface area contributed by atoms with Gasteiger partial charge in [0.05, 0.1) is 20.5 Å². The number of ether oxygens (including phenoxy) is 1. The summed E-state index contributed by atoms with van der Waals surface area (Å²) in [6.45, 7) is 4.20. The van der Waals surface area contributed by atoms with E-state index in [9.17, 15) is 4.21 Å². The Kier molecular flexibility index (Phi) is 2.20. The molecule has 1 aromatic rings. The summed E-state index contributed by atoms with van der Waals surface area (Å²) in [6, 6.07) is 2.00. The molecular weight excluding hydrogens is 248 g/mol. The third-order valence-corrected chi connectivity index (χ3v) is 7.95. The van der Waals surface area contributed by atoms with Gasteiger partial charge in [-0.2, -0.15) is 0 Å². The average molecular weight is 260 g/mol. The summed E-state index contributed by atoms with van der Waals surface area (Å²) >= 11 is 3.46. The second-order valence-corrected chi connectivity index (χ2v) is 8.36. The Hall–Kier alpha value is -0.000000000000000167. The van der Waals surface area contributed by atoms with Crippen LogP contribution in [0, 0.1) is 0 Å². The van der Waals surface area contributed by atoms with E-state index in [0.717, 1.165) is 10.8 Å². The predicted octanol–water partition coefficient (Wildman–Crippen LogP) is 2.78. The lowest BCUT2D eigenvalue weighted by atomic mass is 9.97. The summed E-state index contributed by atoms with van der Waals surface area (Å²) in [5, 5.41) is 3.31. The topological polar surface area (TPSA) is 26.3 Å². The standard InChI is InChI=1S/C10H12O2S3/c1-10(2)9-8(15(11)5-14-9)7-6(12-10)3-4-13-7/h3-4,8-9H,5H2,1-2H3. The SMILES string of the molecule is CC1(C)Oc2ccsc2C2C1SCS2=O. The van der Waals surface area contributed by atoms with Crippen LogP contribution in [0.2, 0.25) is 0 Å². The normalized spacial score (nSPS) is 36.8. The molecule has 2 nitrogen and oxygen atoms in total. The molecular formula is C10H12O2S3. The largest absolute Gasteiger partial charge is 0.485 e. The van der Waals surface area contributed by atoms with Crippen molar-refractivity contribution in [2.75, 3.05) is 5.08 Å². The second-order valence-electron chi connectivity index (χ2n) is 4.36. The van der Waals surface area contributed by atoms with Crippen molar-refractivity contribution < 1.29 is 8.95 Å². The minimum Gasteiger partial charge on any atom is -0.485 e. The highest BCUT2D eigenvalue weighted by atomic mass is 32.2. The van der Waals surface area contributed by atoms with Crippen molar-refractivity contribution in [1.29, 1.82) is 0 Å². The van der Waals surface area contributed by atoms with Crippen molar-refractivity contribution in [3.63, 3.8) is 0 Å². The highest BCUT2D eigenvalue weighted by molar-refractivity contribution is 8.14. The number of thioether (sulfide) groups is 1. The molecule has 0 bridgehead atoms. The van der Waals surface area contributed by atoms with Crippen LogP contribution in [0.15, 0.2) is 11.4 Å². The molecule has 3 atom stereocenters. The summed E-state index contributed by atoms with van der Waals surface area (Å²) in [4.78, 5) is 1.18. The zero-order chi connectivity index (χ0) is 10.6. The molecule has 0 spiro atoms. The van der Waals surface area contributed by atoms with Crippen LogP contribution in [0.3, 0.4) is 0 Å². The number of hydrogen-bond acceptors (Lipinski definition) is 4. The van der Waals surface area contributed by atoms with Crippen molar-refractivity contribution in [3.8, 4) is 5.75 Å². The van der Waals surface area contributed by atoms with E-state index in [1.165, 1.54) is 4.88 Å². The van der Waals surface area contributed by atoms with Crippen LogP contribution in [0.4, 0.5) is 0 Å². The van der Waals surface area contributed by atoms with Gasteiger partial charge >= 0.3 is 0 Å². The van der Waals surface area contributed by atoms with Crippen LogP contribution in [-0.4, -0.2) is 20.1 Å². The maximum atomic E-state index is 12.0. The molecule has 0 amide bonds. The Morgan fingerprint density at radius 1 is 1.60 bits per heavy atom. The number of thiophene rings is 1. The molecule has 82 valence electrons. The average Bonchev–Trinajstić information content (AvgIpc) is 2.70. The van der Waals surface area contributed by atoms with Gasteiger partial charge in [-0.05, 0) is 25.3 Å². The van der Waals surface area contributed by atoms with Crippen molar-refractivity contribution in [2.24, 2.45) is 0 Å². The fourth-order valence-electron chi connectivity index (χ4n) is 2.20. The first-order valence-electron chi connectivity index (χ1n) is 4.85. The van der Waals surface area contributed by atoms with Gasteiger partial charge in [-0.15, -0.1) is 23.1 Å².